The number of aromatic nitrogens is 3. The van der Waals surface area contributed by atoms with Crippen molar-refractivity contribution in [1.82, 2.24) is 20.1 Å². The van der Waals surface area contributed by atoms with Gasteiger partial charge in [-0.05, 0) is 24.6 Å². The van der Waals surface area contributed by atoms with Gasteiger partial charge < -0.3 is 15.0 Å². The molecule has 0 aliphatic rings. The fourth-order valence-corrected chi connectivity index (χ4v) is 1.87. The second-order valence-corrected chi connectivity index (χ2v) is 4.80. The van der Waals surface area contributed by atoms with Crippen molar-refractivity contribution in [2.75, 3.05) is 0 Å². The summed E-state index contributed by atoms with van der Waals surface area (Å²) in [6.07, 6.45) is -0.0480. The van der Waals surface area contributed by atoms with E-state index >= 15 is 0 Å². The monoisotopic (exact) mass is 306 g/mol. The van der Waals surface area contributed by atoms with Crippen molar-refractivity contribution in [2.45, 2.75) is 19.9 Å². The Balaban J connectivity index is 1.96. The van der Waals surface area contributed by atoms with E-state index in [2.05, 4.69) is 15.5 Å². The largest absolute Gasteiger partial charge is 0.478 e. The van der Waals surface area contributed by atoms with Crippen LogP contribution in [-0.4, -0.2) is 31.7 Å². The Bertz CT molecular complexity index is 727. The highest BCUT2D eigenvalue weighted by atomic mass is 19.1. The molecular weight excluding hydrogens is 291 g/mol. The summed E-state index contributed by atoms with van der Waals surface area (Å²) in [7, 11) is 1.79. The minimum absolute atomic E-state index is 0.0480. The normalized spacial score (nSPS) is 10.5. The van der Waals surface area contributed by atoms with Crippen LogP contribution in [0, 0.1) is 12.7 Å². The molecule has 0 atom stereocenters. The Hall–Kier alpha value is -2.77. The molecule has 0 unspecified atom stereocenters. The third-order valence-electron chi connectivity index (χ3n) is 3.25. The predicted octanol–water partition coefficient (Wildman–Crippen LogP) is 0.820. The van der Waals surface area contributed by atoms with Gasteiger partial charge in [0.2, 0.25) is 5.91 Å². The van der Waals surface area contributed by atoms with Crippen molar-refractivity contribution in [1.29, 1.82) is 0 Å². The summed E-state index contributed by atoms with van der Waals surface area (Å²) in [6.45, 7) is 2.01. The lowest BCUT2D eigenvalue weighted by molar-refractivity contribution is -0.120. The van der Waals surface area contributed by atoms with E-state index < -0.39 is 17.3 Å². The number of amides is 1. The quantitative estimate of drug-likeness (QED) is 0.852. The van der Waals surface area contributed by atoms with Crippen molar-refractivity contribution >= 4 is 11.9 Å². The third kappa shape index (κ3) is 3.46. The van der Waals surface area contributed by atoms with E-state index in [1.54, 1.807) is 18.5 Å². The van der Waals surface area contributed by atoms with Crippen LogP contribution in [0.15, 0.2) is 18.2 Å². The number of hydrogen-bond donors (Lipinski definition) is 2. The lowest BCUT2D eigenvalue weighted by atomic mass is 10.1. The molecule has 0 fully saturated rings. The van der Waals surface area contributed by atoms with E-state index in [-0.39, 0.29) is 18.9 Å². The van der Waals surface area contributed by atoms with Crippen molar-refractivity contribution in [2.24, 2.45) is 7.05 Å². The minimum atomic E-state index is -1.34. The first-order valence-electron chi connectivity index (χ1n) is 6.51. The third-order valence-corrected chi connectivity index (χ3v) is 3.25. The molecule has 22 heavy (non-hydrogen) atoms. The Labute approximate surface area is 125 Å². The summed E-state index contributed by atoms with van der Waals surface area (Å²) < 4.78 is 15.3. The maximum atomic E-state index is 13.5. The molecule has 1 amide bonds. The number of carbonyl (C=O) groups is 2. The highest BCUT2D eigenvalue weighted by Crippen LogP contribution is 2.11. The van der Waals surface area contributed by atoms with Gasteiger partial charge in [0.05, 0.1) is 18.5 Å². The molecule has 2 aromatic rings. The number of aryl methyl sites for hydroxylation is 1. The van der Waals surface area contributed by atoms with E-state index in [0.29, 0.717) is 11.4 Å². The molecule has 1 heterocycles. The van der Waals surface area contributed by atoms with Crippen molar-refractivity contribution in [3.8, 4) is 0 Å². The fourth-order valence-electron chi connectivity index (χ4n) is 1.87. The number of halogens is 1. The van der Waals surface area contributed by atoms with E-state index in [4.69, 9.17) is 5.11 Å². The fraction of sp³-hybridized carbons (Fsp3) is 0.286. The zero-order valence-electron chi connectivity index (χ0n) is 12.1. The van der Waals surface area contributed by atoms with Gasteiger partial charge in [0, 0.05) is 7.05 Å². The second kappa shape index (κ2) is 6.33. The molecule has 2 rings (SSSR count). The van der Waals surface area contributed by atoms with Gasteiger partial charge in [-0.2, -0.15) is 0 Å². The second-order valence-electron chi connectivity index (χ2n) is 4.80. The van der Waals surface area contributed by atoms with Gasteiger partial charge in [-0.1, -0.05) is 6.07 Å². The lowest BCUT2D eigenvalue weighted by Crippen LogP contribution is -2.26. The molecule has 0 aliphatic carbocycles. The standard InChI is InChI=1S/C14H15FN4O3/c1-8-17-18-12(19(8)2)7-16-13(20)6-9-3-4-10(14(21)22)11(15)5-9/h3-5H,6-7H2,1-2H3,(H,16,20)(H,21,22). The number of aromatic carboxylic acids is 1. The highest BCUT2D eigenvalue weighted by Gasteiger charge is 2.12. The average molecular weight is 306 g/mol. The molecule has 8 heteroatoms. The molecule has 1 aromatic carbocycles. The van der Waals surface area contributed by atoms with Crippen LogP contribution in [0.5, 0.6) is 0 Å². The van der Waals surface area contributed by atoms with Crippen LogP contribution in [0.25, 0.3) is 0 Å². The molecule has 0 saturated carbocycles. The summed E-state index contributed by atoms with van der Waals surface area (Å²) in [5.41, 5.74) is -0.0205. The molecule has 7 nitrogen and oxygen atoms in total. The minimum Gasteiger partial charge on any atom is -0.478 e. The van der Waals surface area contributed by atoms with Crippen LogP contribution in [0.4, 0.5) is 4.39 Å². The predicted molar refractivity (Wildman–Crippen MR) is 74.7 cm³/mol. The number of benzene rings is 1. The van der Waals surface area contributed by atoms with Gasteiger partial charge in [-0.3, -0.25) is 4.79 Å². The topological polar surface area (TPSA) is 97.1 Å². The molecular formula is C14H15FN4O3. The zero-order valence-corrected chi connectivity index (χ0v) is 12.1. The molecule has 0 radical (unpaired) electrons. The van der Waals surface area contributed by atoms with Crippen molar-refractivity contribution < 1.29 is 19.1 Å². The number of nitrogens with one attached hydrogen (secondary N) is 1. The molecule has 0 saturated heterocycles. The maximum absolute atomic E-state index is 13.5. The Morgan fingerprint density at radius 3 is 2.64 bits per heavy atom. The Kier molecular flexibility index (Phi) is 4.50. The van der Waals surface area contributed by atoms with Crippen LogP contribution in [0.3, 0.4) is 0 Å². The van der Waals surface area contributed by atoms with Crippen LogP contribution in [0.2, 0.25) is 0 Å². The van der Waals surface area contributed by atoms with Crippen molar-refractivity contribution in [3.63, 3.8) is 0 Å². The first-order valence-corrected chi connectivity index (χ1v) is 6.51. The number of hydrogen-bond acceptors (Lipinski definition) is 4. The number of rotatable bonds is 5. The molecule has 2 N–H and O–H groups in total. The SMILES string of the molecule is Cc1nnc(CNC(=O)Cc2ccc(C(=O)O)c(F)c2)n1C. The Morgan fingerprint density at radius 1 is 1.36 bits per heavy atom. The molecule has 1 aromatic heterocycles. The van der Waals surface area contributed by atoms with E-state index in [0.717, 1.165) is 18.0 Å². The van der Waals surface area contributed by atoms with E-state index in [9.17, 15) is 14.0 Å². The van der Waals surface area contributed by atoms with Crippen LogP contribution >= 0.6 is 0 Å². The van der Waals surface area contributed by atoms with Gasteiger partial charge >= 0.3 is 5.97 Å². The summed E-state index contributed by atoms with van der Waals surface area (Å²) in [4.78, 5) is 22.5. The summed E-state index contributed by atoms with van der Waals surface area (Å²) >= 11 is 0. The van der Waals surface area contributed by atoms with Crippen LogP contribution in [-0.2, 0) is 24.8 Å². The number of carboxylic acid groups (broad SMARTS) is 1. The lowest BCUT2D eigenvalue weighted by Gasteiger charge is -2.06. The van der Waals surface area contributed by atoms with Crippen LogP contribution < -0.4 is 5.32 Å². The highest BCUT2D eigenvalue weighted by molar-refractivity contribution is 5.88. The number of nitrogens with zero attached hydrogens (tertiary/aromatic N) is 3. The van der Waals surface area contributed by atoms with E-state index in [1.807, 2.05) is 0 Å². The van der Waals surface area contributed by atoms with Gasteiger partial charge in [-0.15, -0.1) is 10.2 Å². The molecule has 116 valence electrons. The number of carbonyl (C=O) groups excluding carboxylic acids is 1. The zero-order chi connectivity index (χ0) is 16.3. The van der Waals surface area contributed by atoms with Gasteiger partial charge in [0.15, 0.2) is 5.82 Å². The van der Waals surface area contributed by atoms with Gasteiger partial charge in [-0.25, -0.2) is 9.18 Å². The maximum Gasteiger partial charge on any atom is 0.338 e. The summed E-state index contributed by atoms with van der Waals surface area (Å²) in [5.74, 6) is -1.18. The van der Waals surface area contributed by atoms with Gasteiger partial charge in [0.25, 0.3) is 0 Å². The average Bonchev–Trinajstić information content (AvgIpc) is 2.76. The summed E-state index contributed by atoms with van der Waals surface area (Å²) in [5, 5.41) is 19.2. The molecule has 0 bridgehead atoms. The molecule has 0 spiro atoms. The van der Waals surface area contributed by atoms with Crippen LogP contribution in [0.1, 0.15) is 27.6 Å². The van der Waals surface area contributed by atoms with Crippen molar-refractivity contribution in [3.05, 3.63) is 46.8 Å². The van der Waals surface area contributed by atoms with Gasteiger partial charge in [0.1, 0.15) is 11.6 Å². The smallest absolute Gasteiger partial charge is 0.338 e. The number of carboxylic acids is 1. The van der Waals surface area contributed by atoms with E-state index in [1.165, 1.54) is 6.07 Å². The Morgan fingerprint density at radius 2 is 2.09 bits per heavy atom. The molecule has 0 aliphatic heterocycles. The summed E-state index contributed by atoms with van der Waals surface area (Å²) in [6, 6.07) is 3.61. The first-order chi connectivity index (χ1) is 10.4. The first kappa shape index (κ1) is 15.6.